The van der Waals surface area contributed by atoms with Crippen LogP contribution in [-0.2, 0) is 6.54 Å². The van der Waals surface area contributed by atoms with E-state index in [9.17, 15) is 0 Å². The van der Waals surface area contributed by atoms with Crippen molar-refractivity contribution >= 4 is 11.3 Å². The third-order valence-electron chi connectivity index (χ3n) is 4.11. The van der Waals surface area contributed by atoms with Crippen molar-refractivity contribution in [2.24, 2.45) is 0 Å². The Morgan fingerprint density at radius 1 is 1.26 bits per heavy atom. The van der Waals surface area contributed by atoms with Crippen LogP contribution in [0.1, 0.15) is 24.3 Å². The normalized spacial score (nSPS) is 17.7. The van der Waals surface area contributed by atoms with Gasteiger partial charge in [0.1, 0.15) is 5.75 Å². The zero-order valence-electron chi connectivity index (χ0n) is 12.7. The van der Waals surface area contributed by atoms with Crippen LogP contribution >= 0.6 is 11.3 Å². The highest BCUT2D eigenvalue weighted by Crippen LogP contribution is 2.35. The van der Waals surface area contributed by atoms with E-state index in [2.05, 4.69) is 34.6 Å². The van der Waals surface area contributed by atoms with Gasteiger partial charge in [0, 0.05) is 17.5 Å². The zero-order chi connectivity index (χ0) is 15.6. The highest BCUT2D eigenvalue weighted by Gasteiger charge is 2.28. The second-order valence-corrected chi connectivity index (χ2v) is 6.55. The molecule has 0 aliphatic carbocycles. The first-order valence-electron chi connectivity index (χ1n) is 7.62. The summed E-state index contributed by atoms with van der Waals surface area (Å²) in [4.78, 5) is 0.995. The number of rotatable bonds is 5. The van der Waals surface area contributed by atoms with Crippen molar-refractivity contribution in [2.45, 2.75) is 25.4 Å². The minimum absolute atomic E-state index is 0.260. The standard InChI is InChI=1S/C17H17N3O2S/c1-11(13-10-21-14-6-3-2-5-12(13)14)18-9-16-19-20-17(22-16)15-7-4-8-23-15/h2-8,11,13,18H,9-10H2,1H3/t11-,13+/m1/s1. The van der Waals surface area contributed by atoms with Crippen LogP contribution in [0, 0.1) is 0 Å². The van der Waals surface area contributed by atoms with Gasteiger partial charge in [-0.05, 0) is 24.4 Å². The number of aromatic nitrogens is 2. The van der Waals surface area contributed by atoms with Gasteiger partial charge in [-0.25, -0.2) is 0 Å². The number of benzene rings is 1. The largest absolute Gasteiger partial charge is 0.493 e. The Bertz CT molecular complexity index is 785. The number of thiophene rings is 1. The zero-order valence-corrected chi connectivity index (χ0v) is 13.5. The van der Waals surface area contributed by atoms with E-state index in [1.54, 1.807) is 11.3 Å². The van der Waals surface area contributed by atoms with Gasteiger partial charge < -0.3 is 14.5 Å². The molecule has 6 heteroatoms. The molecule has 0 fully saturated rings. The number of para-hydroxylation sites is 1. The smallest absolute Gasteiger partial charge is 0.257 e. The monoisotopic (exact) mass is 327 g/mol. The number of fused-ring (bicyclic) bond motifs is 1. The highest BCUT2D eigenvalue weighted by molar-refractivity contribution is 7.13. The third-order valence-corrected chi connectivity index (χ3v) is 4.97. The number of hydrogen-bond donors (Lipinski definition) is 1. The van der Waals surface area contributed by atoms with Crippen molar-refractivity contribution < 1.29 is 9.15 Å². The summed E-state index contributed by atoms with van der Waals surface area (Å²) in [5.74, 6) is 2.52. The molecule has 23 heavy (non-hydrogen) atoms. The van der Waals surface area contributed by atoms with Crippen LogP contribution in [0.15, 0.2) is 46.2 Å². The van der Waals surface area contributed by atoms with Gasteiger partial charge in [-0.1, -0.05) is 24.3 Å². The summed E-state index contributed by atoms with van der Waals surface area (Å²) in [6.45, 7) is 3.42. The Labute approximate surface area is 138 Å². The topological polar surface area (TPSA) is 60.2 Å². The molecular formula is C17H17N3O2S. The molecule has 5 nitrogen and oxygen atoms in total. The maximum absolute atomic E-state index is 5.75. The molecule has 0 amide bonds. The van der Waals surface area contributed by atoms with Crippen molar-refractivity contribution in [1.82, 2.24) is 15.5 Å². The fraction of sp³-hybridized carbons (Fsp3) is 0.294. The van der Waals surface area contributed by atoms with Gasteiger partial charge in [0.2, 0.25) is 5.89 Å². The molecule has 4 rings (SSSR count). The maximum atomic E-state index is 5.75. The molecule has 2 aromatic heterocycles. The Hall–Kier alpha value is -2.18. The van der Waals surface area contributed by atoms with Crippen LogP contribution in [0.2, 0.25) is 0 Å². The van der Waals surface area contributed by atoms with Gasteiger partial charge in [0.15, 0.2) is 0 Å². The Kier molecular flexibility index (Phi) is 3.85. The summed E-state index contributed by atoms with van der Waals surface area (Å²) < 4.78 is 11.5. The van der Waals surface area contributed by atoms with Crippen LogP contribution < -0.4 is 10.1 Å². The SMILES string of the molecule is C[C@@H](NCc1nnc(-c2cccs2)o1)[C@@H]1COc2ccccc21. The quantitative estimate of drug-likeness (QED) is 0.778. The minimum Gasteiger partial charge on any atom is -0.493 e. The van der Waals surface area contributed by atoms with E-state index in [-0.39, 0.29) is 6.04 Å². The molecule has 0 bridgehead atoms. The lowest BCUT2D eigenvalue weighted by Crippen LogP contribution is -2.32. The summed E-state index contributed by atoms with van der Waals surface area (Å²) in [5, 5.41) is 13.7. The summed E-state index contributed by atoms with van der Waals surface area (Å²) in [6, 6.07) is 12.4. The summed E-state index contributed by atoms with van der Waals surface area (Å²) in [7, 11) is 0. The lowest BCUT2D eigenvalue weighted by atomic mass is 9.94. The molecule has 1 N–H and O–H groups in total. The van der Waals surface area contributed by atoms with Crippen LogP contribution in [-0.4, -0.2) is 22.8 Å². The average molecular weight is 327 g/mol. The Morgan fingerprint density at radius 2 is 2.17 bits per heavy atom. The van der Waals surface area contributed by atoms with E-state index in [4.69, 9.17) is 9.15 Å². The van der Waals surface area contributed by atoms with Crippen molar-refractivity contribution in [3.63, 3.8) is 0 Å². The molecule has 0 saturated heterocycles. The van der Waals surface area contributed by atoms with Gasteiger partial charge in [-0.3, -0.25) is 0 Å². The molecule has 0 unspecified atom stereocenters. The molecule has 1 aromatic carbocycles. The number of hydrogen-bond acceptors (Lipinski definition) is 6. The predicted molar refractivity (Wildman–Crippen MR) is 88.6 cm³/mol. The molecule has 1 aliphatic heterocycles. The van der Waals surface area contributed by atoms with E-state index in [1.807, 2.05) is 29.6 Å². The molecule has 1 aliphatic rings. The maximum Gasteiger partial charge on any atom is 0.257 e. The van der Waals surface area contributed by atoms with Crippen LogP contribution in [0.25, 0.3) is 10.8 Å². The number of ether oxygens (including phenoxy) is 1. The van der Waals surface area contributed by atoms with E-state index in [1.165, 1.54) is 5.56 Å². The summed E-state index contributed by atoms with van der Waals surface area (Å²) in [6.07, 6.45) is 0. The molecule has 118 valence electrons. The second kappa shape index (κ2) is 6.14. The molecule has 3 aromatic rings. The third kappa shape index (κ3) is 2.87. The van der Waals surface area contributed by atoms with E-state index in [0.29, 0.717) is 30.9 Å². The van der Waals surface area contributed by atoms with E-state index >= 15 is 0 Å². The van der Waals surface area contributed by atoms with E-state index < -0.39 is 0 Å². The summed E-state index contributed by atoms with van der Waals surface area (Å²) >= 11 is 1.59. The fourth-order valence-corrected chi connectivity index (χ4v) is 3.46. The summed E-state index contributed by atoms with van der Waals surface area (Å²) in [5.41, 5.74) is 1.26. The highest BCUT2D eigenvalue weighted by atomic mass is 32.1. The van der Waals surface area contributed by atoms with Gasteiger partial charge in [-0.15, -0.1) is 21.5 Å². The molecule has 0 radical (unpaired) electrons. The van der Waals surface area contributed by atoms with Gasteiger partial charge in [0.25, 0.3) is 5.89 Å². The average Bonchev–Trinajstić information content (AvgIpc) is 3.31. The van der Waals surface area contributed by atoms with Gasteiger partial charge in [0.05, 0.1) is 18.0 Å². The molecule has 0 spiro atoms. The lowest BCUT2D eigenvalue weighted by molar-refractivity contribution is 0.300. The molecule has 3 heterocycles. The molecule has 2 atom stereocenters. The Morgan fingerprint density at radius 3 is 3.04 bits per heavy atom. The lowest BCUT2D eigenvalue weighted by Gasteiger charge is -2.18. The number of nitrogens with zero attached hydrogens (tertiary/aromatic N) is 2. The van der Waals surface area contributed by atoms with Crippen molar-refractivity contribution in [3.05, 3.63) is 53.2 Å². The molecular weight excluding hydrogens is 310 g/mol. The fourth-order valence-electron chi connectivity index (χ4n) is 2.82. The van der Waals surface area contributed by atoms with E-state index in [0.717, 1.165) is 10.6 Å². The first-order chi connectivity index (χ1) is 11.3. The van der Waals surface area contributed by atoms with Crippen molar-refractivity contribution in [2.75, 3.05) is 6.61 Å². The Balaban J connectivity index is 1.40. The second-order valence-electron chi connectivity index (χ2n) is 5.60. The van der Waals surface area contributed by atoms with Gasteiger partial charge in [-0.2, -0.15) is 0 Å². The van der Waals surface area contributed by atoms with Crippen LogP contribution in [0.4, 0.5) is 0 Å². The van der Waals surface area contributed by atoms with Crippen molar-refractivity contribution in [3.8, 4) is 16.5 Å². The minimum atomic E-state index is 0.260. The van der Waals surface area contributed by atoms with Crippen molar-refractivity contribution in [1.29, 1.82) is 0 Å². The molecule has 0 saturated carbocycles. The first-order valence-corrected chi connectivity index (χ1v) is 8.50. The number of nitrogens with one attached hydrogen (secondary N) is 1. The predicted octanol–water partition coefficient (Wildman–Crippen LogP) is 3.45. The van der Waals surface area contributed by atoms with Crippen LogP contribution in [0.5, 0.6) is 5.75 Å². The van der Waals surface area contributed by atoms with Crippen LogP contribution in [0.3, 0.4) is 0 Å². The first kappa shape index (κ1) is 14.4. The van der Waals surface area contributed by atoms with Gasteiger partial charge >= 0.3 is 0 Å².